The Bertz CT molecular complexity index is 1050. The number of benzene rings is 2. The predicted octanol–water partition coefficient (Wildman–Crippen LogP) is 3.90. The normalized spacial score (nSPS) is 21.3. The fourth-order valence-electron chi connectivity index (χ4n) is 4.93. The van der Waals surface area contributed by atoms with E-state index in [0.717, 1.165) is 56.7 Å². The molecule has 2 heterocycles. The quantitative estimate of drug-likeness (QED) is 0.751. The molecule has 174 valence electrons. The number of rotatable bonds is 5. The van der Waals surface area contributed by atoms with Gasteiger partial charge in [-0.1, -0.05) is 18.2 Å². The number of hydrogen-bond donors (Lipinski definition) is 1. The summed E-state index contributed by atoms with van der Waals surface area (Å²) in [6, 6.07) is 12.0. The van der Waals surface area contributed by atoms with E-state index in [4.69, 9.17) is 0 Å². The van der Waals surface area contributed by atoms with E-state index in [9.17, 15) is 14.0 Å². The maximum absolute atomic E-state index is 14.7. The van der Waals surface area contributed by atoms with Gasteiger partial charge in [0.25, 0.3) is 5.91 Å². The summed E-state index contributed by atoms with van der Waals surface area (Å²) < 4.78 is 14.7. The number of carbonyl (C=O) groups is 2. The van der Waals surface area contributed by atoms with Crippen molar-refractivity contribution in [3.8, 4) is 0 Å². The number of carbonyl (C=O) groups excluding carboxylic acids is 2. The van der Waals surface area contributed by atoms with Crippen molar-refractivity contribution in [2.24, 2.45) is 5.92 Å². The zero-order chi connectivity index (χ0) is 22.9. The molecule has 0 bridgehead atoms. The Balaban J connectivity index is 1.47. The molecule has 2 aromatic carbocycles. The fourth-order valence-corrected chi connectivity index (χ4v) is 4.93. The minimum absolute atomic E-state index is 0.0557. The van der Waals surface area contributed by atoms with Gasteiger partial charge in [-0.2, -0.15) is 0 Å². The van der Waals surface area contributed by atoms with Crippen LogP contribution < -0.4 is 10.2 Å². The molecule has 33 heavy (non-hydrogen) atoms. The van der Waals surface area contributed by atoms with Crippen molar-refractivity contribution in [3.05, 3.63) is 59.4 Å². The van der Waals surface area contributed by atoms with Crippen LogP contribution in [0.4, 0.5) is 15.8 Å². The van der Waals surface area contributed by atoms with Crippen molar-refractivity contribution in [2.75, 3.05) is 50.0 Å². The third-order valence-electron chi connectivity index (χ3n) is 7.00. The zero-order valence-electron chi connectivity index (χ0n) is 19.1. The lowest BCUT2D eigenvalue weighted by atomic mass is 10.00. The average Bonchev–Trinajstić information content (AvgIpc) is 3.53. The van der Waals surface area contributed by atoms with Crippen molar-refractivity contribution in [1.29, 1.82) is 0 Å². The van der Waals surface area contributed by atoms with Crippen LogP contribution in [0.25, 0.3) is 0 Å². The number of likely N-dealkylation sites (N-methyl/N-ethyl adjacent to an activating group) is 1. The summed E-state index contributed by atoms with van der Waals surface area (Å²) in [6.07, 6.45) is 4.06. The Labute approximate surface area is 194 Å². The smallest absolute Gasteiger partial charge is 0.256 e. The lowest BCUT2D eigenvalue weighted by Crippen LogP contribution is -2.49. The topological polar surface area (TPSA) is 55.9 Å². The predicted molar refractivity (Wildman–Crippen MR) is 127 cm³/mol. The molecule has 3 aliphatic rings. The maximum atomic E-state index is 14.7. The van der Waals surface area contributed by atoms with Gasteiger partial charge in [0.15, 0.2) is 0 Å². The minimum atomic E-state index is -0.349. The zero-order valence-corrected chi connectivity index (χ0v) is 19.1. The van der Waals surface area contributed by atoms with Crippen molar-refractivity contribution < 1.29 is 14.0 Å². The van der Waals surface area contributed by atoms with Gasteiger partial charge in [0.1, 0.15) is 5.82 Å². The standard InChI is InChI=1S/C26H31FN4O2/c1-29-14-15-31(24(17-29)20-6-2-3-7-22(20)27)26(33)21-11-10-19(28-25(32)18-8-9-18)16-23(21)30-12-4-5-13-30/h2-3,6-7,10-11,16,18,24H,4-5,8-9,12-15,17H2,1H3,(H,28,32). The molecule has 0 radical (unpaired) electrons. The number of piperazine rings is 1. The first-order valence-corrected chi connectivity index (χ1v) is 11.9. The van der Waals surface area contributed by atoms with Gasteiger partial charge in [0.2, 0.25) is 5.91 Å². The first-order chi connectivity index (χ1) is 16.0. The summed E-state index contributed by atoms with van der Waals surface area (Å²) in [5.74, 6) is -0.194. The fraction of sp³-hybridized carbons (Fsp3) is 0.462. The molecule has 2 saturated heterocycles. The van der Waals surface area contributed by atoms with Gasteiger partial charge in [0.05, 0.1) is 17.3 Å². The molecule has 1 N–H and O–H groups in total. The van der Waals surface area contributed by atoms with Crippen LogP contribution in [0.2, 0.25) is 0 Å². The first-order valence-electron chi connectivity index (χ1n) is 11.9. The van der Waals surface area contributed by atoms with Crippen molar-refractivity contribution in [2.45, 2.75) is 31.7 Å². The molecule has 7 heteroatoms. The van der Waals surface area contributed by atoms with Crippen LogP contribution in [-0.4, -0.2) is 61.4 Å². The van der Waals surface area contributed by atoms with Gasteiger partial charge in [-0.3, -0.25) is 9.59 Å². The molecule has 0 aromatic heterocycles. The van der Waals surface area contributed by atoms with E-state index in [-0.39, 0.29) is 29.6 Å². The molecular weight excluding hydrogens is 419 g/mol. The number of nitrogens with zero attached hydrogens (tertiary/aromatic N) is 3. The Morgan fingerprint density at radius 3 is 2.48 bits per heavy atom. The summed E-state index contributed by atoms with van der Waals surface area (Å²) in [4.78, 5) is 32.4. The Kier molecular flexibility index (Phi) is 6.06. The van der Waals surface area contributed by atoms with E-state index in [1.165, 1.54) is 6.07 Å². The molecule has 6 nitrogen and oxygen atoms in total. The lowest BCUT2D eigenvalue weighted by Gasteiger charge is -2.41. The van der Waals surface area contributed by atoms with Crippen molar-refractivity contribution >= 4 is 23.2 Å². The molecular formula is C26H31FN4O2. The SMILES string of the molecule is CN1CCN(C(=O)c2ccc(NC(=O)C3CC3)cc2N2CCCC2)C(c2ccccc2F)C1. The third-order valence-corrected chi connectivity index (χ3v) is 7.00. The summed E-state index contributed by atoms with van der Waals surface area (Å²) in [5, 5.41) is 3.01. The Hall–Kier alpha value is -2.93. The Morgan fingerprint density at radius 1 is 1.00 bits per heavy atom. The number of anilines is 2. The van der Waals surface area contributed by atoms with E-state index in [2.05, 4.69) is 15.1 Å². The number of nitrogens with one attached hydrogen (secondary N) is 1. The van der Waals surface area contributed by atoms with Gasteiger partial charge >= 0.3 is 0 Å². The molecule has 3 fully saturated rings. The van der Waals surface area contributed by atoms with E-state index < -0.39 is 0 Å². The second kappa shape index (κ2) is 9.14. The molecule has 2 amide bonds. The number of amides is 2. The van der Waals surface area contributed by atoms with E-state index in [1.54, 1.807) is 12.1 Å². The molecule has 1 atom stereocenters. The van der Waals surface area contributed by atoms with Gasteiger partial charge in [-0.25, -0.2) is 4.39 Å². The van der Waals surface area contributed by atoms with Crippen molar-refractivity contribution in [1.82, 2.24) is 9.80 Å². The van der Waals surface area contributed by atoms with Crippen LogP contribution in [0.1, 0.15) is 47.6 Å². The summed E-state index contributed by atoms with van der Waals surface area (Å²) in [7, 11) is 2.00. The molecule has 2 aromatic rings. The molecule has 0 spiro atoms. The molecule has 1 saturated carbocycles. The van der Waals surface area contributed by atoms with E-state index >= 15 is 0 Å². The van der Waals surface area contributed by atoms with Crippen LogP contribution in [0, 0.1) is 11.7 Å². The van der Waals surface area contributed by atoms with Crippen LogP contribution >= 0.6 is 0 Å². The van der Waals surface area contributed by atoms with E-state index in [1.807, 2.05) is 36.2 Å². The minimum Gasteiger partial charge on any atom is -0.371 e. The summed E-state index contributed by atoms with van der Waals surface area (Å²) in [6.45, 7) is 3.64. The highest BCUT2D eigenvalue weighted by atomic mass is 19.1. The van der Waals surface area contributed by atoms with Gasteiger partial charge in [-0.15, -0.1) is 0 Å². The van der Waals surface area contributed by atoms with Crippen LogP contribution in [0.3, 0.4) is 0 Å². The van der Waals surface area contributed by atoms with Crippen LogP contribution in [-0.2, 0) is 4.79 Å². The highest BCUT2D eigenvalue weighted by Crippen LogP contribution is 2.35. The summed E-state index contributed by atoms with van der Waals surface area (Å²) >= 11 is 0. The molecule has 1 unspecified atom stereocenters. The monoisotopic (exact) mass is 450 g/mol. The highest BCUT2D eigenvalue weighted by Gasteiger charge is 2.34. The summed E-state index contributed by atoms with van der Waals surface area (Å²) in [5.41, 5.74) is 2.76. The highest BCUT2D eigenvalue weighted by molar-refractivity contribution is 6.02. The van der Waals surface area contributed by atoms with Crippen LogP contribution in [0.15, 0.2) is 42.5 Å². The lowest BCUT2D eigenvalue weighted by molar-refractivity contribution is -0.117. The third kappa shape index (κ3) is 4.60. The largest absolute Gasteiger partial charge is 0.371 e. The van der Waals surface area contributed by atoms with Crippen molar-refractivity contribution in [3.63, 3.8) is 0 Å². The van der Waals surface area contributed by atoms with Gasteiger partial charge < -0.3 is 20.0 Å². The Morgan fingerprint density at radius 2 is 1.76 bits per heavy atom. The maximum Gasteiger partial charge on any atom is 0.256 e. The second-order valence-corrected chi connectivity index (χ2v) is 9.49. The second-order valence-electron chi connectivity index (χ2n) is 9.49. The number of hydrogen-bond acceptors (Lipinski definition) is 4. The molecule has 1 aliphatic carbocycles. The number of halogens is 1. The first kappa shape index (κ1) is 21.9. The van der Waals surface area contributed by atoms with Gasteiger partial charge in [-0.05, 0) is 57.0 Å². The van der Waals surface area contributed by atoms with Crippen LogP contribution in [0.5, 0.6) is 0 Å². The van der Waals surface area contributed by atoms with Gasteiger partial charge in [0, 0.05) is 49.9 Å². The van der Waals surface area contributed by atoms with E-state index in [0.29, 0.717) is 24.2 Å². The molecule has 5 rings (SSSR count). The molecule has 2 aliphatic heterocycles. The average molecular weight is 451 g/mol.